The van der Waals surface area contributed by atoms with E-state index in [9.17, 15) is 9.59 Å². The summed E-state index contributed by atoms with van der Waals surface area (Å²) in [5.41, 5.74) is 0.518. The average molecular weight is 386 g/mol. The molecule has 1 aromatic carbocycles. The molecule has 1 fully saturated rings. The SMILES string of the molecule is CCC(CC)C(=O)N1CCC(NC(=O)Nc2ccc(Cl)cc2Cl)CC1. The number of piperidine rings is 1. The number of halogens is 2. The number of urea groups is 1. The fraction of sp³-hybridized carbons (Fsp3) is 0.556. The van der Waals surface area contributed by atoms with Crippen LogP contribution in [0.15, 0.2) is 18.2 Å². The molecular formula is C18H25Cl2N3O2. The summed E-state index contributed by atoms with van der Waals surface area (Å²) in [6, 6.07) is 4.68. The number of hydrogen-bond donors (Lipinski definition) is 2. The predicted molar refractivity (Wildman–Crippen MR) is 102 cm³/mol. The van der Waals surface area contributed by atoms with Crippen LogP contribution in [0.5, 0.6) is 0 Å². The van der Waals surface area contributed by atoms with Gasteiger partial charge in [-0.1, -0.05) is 37.0 Å². The van der Waals surface area contributed by atoms with Gasteiger partial charge in [-0.25, -0.2) is 4.79 Å². The fourth-order valence-electron chi connectivity index (χ4n) is 3.07. The van der Waals surface area contributed by atoms with E-state index in [-0.39, 0.29) is 23.9 Å². The van der Waals surface area contributed by atoms with E-state index in [0.717, 1.165) is 25.7 Å². The summed E-state index contributed by atoms with van der Waals surface area (Å²) in [6.45, 7) is 5.46. The highest BCUT2D eigenvalue weighted by molar-refractivity contribution is 6.36. The molecule has 0 bridgehead atoms. The zero-order chi connectivity index (χ0) is 18.4. The first-order chi connectivity index (χ1) is 11.9. The lowest BCUT2D eigenvalue weighted by Gasteiger charge is -2.34. The van der Waals surface area contributed by atoms with Crippen LogP contribution in [0.4, 0.5) is 10.5 Å². The standard InChI is InChI=1S/C18H25Cl2N3O2/c1-3-12(4-2)17(24)23-9-7-14(8-10-23)21-18(25)22-16-6-5-13(19)11-15(16)20/h5-6,11-12,14H,3-4,7-10H2,1-2H3,(H2,21,22,25). The second-order valence-corrected chi connectivity index (χ2v) is 7.18. The Morgan fingerprint density at radius 1 is 1.20 bits per heavy atom. The third-order valence-corrected chi connectivity index (χ3v) is 5.20. The molecule has 1 aliphatic rings. The third-order valence-electron chi connectivity index (χ3n) is 4.66. The maximum absolute atomic E-state index is 12.4. The molecule has 0 radical (unpaired) electrons. The van der Waals surface area contributed by atoms with Crippen molar-refractivity contribution in [2.75, 3.05) is 18.4 Å². The van der Waals surface area contributed by atoms with Crippen LogP contribution in [-0.4, -0.2) is 36.0 Å². The zero-order valence-corrected chi connectivity index (χ0v) is 16.2. The number of nitrogens with zero attached hydrogens (tertiary/aromatic N) is 1. The Morgan fingerprint density at radius 3 is 2.40 bits per heavy atom. The van der Waals surface area contributed by atoms with Gasteiger partial charge < -0.3 is 15.5 Å². The lowest BCUT2D eigenvalue weighted by atomic mass is 9.98. The maximum atomic E-state index is 12.4. The molecule has 0 aliphatic carbocycles. The minimum Gasteiger partial charge on any atom is -0.342 e. The number of carbonyl (C=O) groups is 2. The van der Waals surface area contributed by atoms with Crippen LogP contribution >= 0.6 is 23.2 Å². The largest absolute Gasteiger partial charge is 0.342 e. The van der Waals surface area contributed by atoms with E-state index in [4.69, 9.17) is 23.2 Å². The smallest absolute Gasteiger partial charge is 0.319 e. The Bertz CT molecular complexity index is 612. The lowest BCUT2D eigenvalue weighted by Crippen LogP contribution is -2.48. The van der Waals surface area contributed by atoms with Crippen molar-refractivity contribution in [3.8, 4) is 0 Å². The van der Waals surface area contributed by atoms with Crippen molar-refractivity contribution in [1.82, 2.24) is 10.2 Å². The van der Waals surface area contributed by atoms with Crippen LogP contribution in [0.1, 0.15) is 39.5 Å². The van der Waals surface area contributed by atoms with E-state index in [0.29, 0.717) is 28.8 Å². The Balaban J connectivity index is 1.81. The van der Waals surface area contributed by atoms with Crippen molar-refractivity contribution in [3.63, 3.8) is 0 Å². The van der Waals surface area contributed by atoms with Gasteiger partial charge in [0, 0.05) is 30.1 Å². The van der Waals surface area contributed by atoms with Crippen LogP contribution in [0.25, 0.3) is 0 Å². The van der Waals surface area contributed by atoms with Crippen molar-refractivity contribution in [2.45, 2.75) is 45.6 Å². The molecule has 0 spiro atoms. The Kier molecular flexibility index (Phi) is 7.38. The molecule has 0 saturated carbocycles. The number of likely N-dealkylation sites (tertiary alicyclic amines) is 1. The van der Waals surface area contributed by atoms with Gasteiger partial charge in [0.05, 0.1) is 10.7 Å². The Morgan fingerprint density at radius 2 is 1.84 bits per heavy atom. The number of carbonyl (C=O) groups excluding carboxylic acids is 2. The molecule has 2 N–H and O–H groups in total. The summed E-state index contributed by atoms with van der Waals surface area (Å²) in [7, 11) is 0. The molecule has 1 saturated heterocycles. The quantitative estimate of drug-likeness (QED) is 0.780. The van der Waals surface area contributed by atoms with Gasteiger partial charge in [-0.3, -0.25) is 4.79 Å². The van der Waals surface area contributed by atoms with Crippen molar-refractivity contribution in [3.05, 3.63) is 28.2 Å². The van der Waals surface area contributed by atoms with Crippen molar-refractivity contribution in [1.29, 1.82) is 0 Å². The molecule has 2 rings (SSSR count). The first-order valence-corrected chi connectivity index (χ1v) is 9.51. The van der Waals surface area contributed by atoms with E-state index in [1.165, 1.54) is 0 Å². The van der Waals surface area contributed by atoms with Crippen LogP contribution < -0.4 is 10.6 Å². The van der Waals surface area contributed by atoms with Crippen LogP contribution in [-0.2, 0) is 4.79 Å². The molecule has 5 nitrogen and oxygen atoms in total. The topological polar surface area (TPSA) is 61.4 Å². The van der Waals surface area contributed by atoms with E-state index < -0.39 is 0 Å². The molecular weight excluding hydrogens is 361 g/mol. The van der Waals surface area contributed by atoms with Crippen molar-refractivity contribution < 1.29 is 9.59 Å². The van der Waals surface area contributed by atoms with Gasteiger partial charge in [0.1, 0.15) is 0 Å². The van der Waals surface area contributed by atoms with Gasteiger partial charge in [0.2, 0.25) is 5.91 Å². The monoisotopic (exact) mass is 385 g/mol. The highest BCUT2D eigenvalue weighted by atomic mass is 35.5. The second kappa shape index (κ2) is 9.30. The molecule has 0 aromatic heterocycles. The van der Waals surface area contributed by atoms with E-state index in [1.807, 2.05) is 18.7 Å². The molecule has 0 atom stereocenters. The third kappa shape index (κ3) is 5.51. The zero-order valence-electron chi connectivity index (χ0n) is 14.6. The highest BCUT2D eigenvalue weighted by Crippen LogP contribution is 2.25. The minimum atomic E-state index is -0.297. The summed E-state index contributed by atoms with van der Waals surface area (Å²) in [5.74, 6) is 0.348. The average Bonchev–Trinajstić information content (AvgIpc) is 2.59. The molecule has 1 heterocycles. The van der Waals surface area contributed by atoms with E-state index in [1.54, 1.807) is 18.2 Å². The first kappa shape index (κ1) is 19.9. The summed E-state index contributed by atoms with van der Waals surface area (Å²) in [6.07, 6.45) is 3.26. The van der Waals surface area contributed by atoms with Crippen LogP contribution in [0, 0.1) is 5.92 Å². The summed E-state index contributed by atoms with van der Waals surface area (Å²) in [5, 5.41) is 6.60. The number of amides is 3. The van der Waals surface area contributed by atoms with Gasteiger partial charge in [0.15, 0.2) is 0 Å². The van der Waals surface area contributed by atoms with Gasteiger partial charge in [0.25, 0.3) is 0 Å². The first-order valence-electron chi connectivity index (χ1n) is 8.75. The van der Waals surface area contributed by atoms with Gasteiger partial charge in [-0.2, -0.15) is 0 Å². The van der Waals surface area contributed by atoms with Crippen molar-refractivity contribution >= 4 is 40.8 Å². The minimum absolute atomic E-state index is 0.0526. The summed E-state index contributed by atoms with van der Waals surface area (Å²) >= 11 is 11.9. The number of rotatable bonds is 5. The van der Waals surface area contributed by atoms with Gasteiger partial charge in [-0.05, 0) is 43.9 Å². The lowest BCUT2D eigenvalue weighted by molar-refractivity contribution is -0.136. The van der Waals surface area contributed by atoms with Crippen molar-refractivity contribution in [2.24, 2.45) is 5.92 Å². The number of benzene rings is 1. The number of nitrogens with one attached hydrogen (secondary N) is 2. The molecule has 25 heavy (non-hydrogen) atoms. The highest BCUT2D eigenvalue weighted by Gasteiger charge is 2.27. The van der Waals surface area contributed by atoms with Gasteiger partial charge >= 0.3 is 6.03 Å². The van der Waals surface area contributed by atoms with E-state index >= 15 is 0 Å². The Labute approximate surface area is 159 Å². The van der Waals surface area contributed by atoms with Crippen LogP contribution in [0.2, 0.25) is 10.0 Å². The molecule has 1 aliphatic heterocycles. The maximum Gasteiger partial charge on any atom is 0.319 e. The molecule has 7 heteroatoms. The number of anilines is 1. The molecule has 1 aromatic rings. The molecule has 138 valence electrons. The van der Waals surface area contributed by atoms with E-state index in [2.05, 4.69) is 10.6 Å². The Hall–Kier alpha value is -1.46. The summed E-state index contributed by atoms with van der Waals surface area (Å²) in [4.78, 5) is 26.5. The predicted octanol–water partition coefficient (Wildman–Crippen LogP) is 4.54. The normalized spacial score (nSPS) is 15.3. The molecule has 0 unspecified atom stereocenters. The fourth-order valence-corrected chi connectivity index (χ4v) is 3.53. The molecule has 3 amide bonds. The number of hydrogen-bond acceptors (Lipinski definition) is 2. The van der Waals surface area contributed by atoms with Crippen LogP contribution in [0.3, 0.4) is 0 Å². The summed E-state index contributed by atoms with van der Waals surface area (Å²) < 4.78 is 0. The second-order valence-electron chi connectivity index (χ2n) is 6.34. The van der Waals surface area contributed by atoms with Gasteiger partial charge in [-0.15, -0.1) is 0 Å².